The van der Waals surface area contributed by atoms with Crippen LogP contribution in [0, 0.1) is 10.1 Å². The Kier molecular flexibility index (Phi) is 6.98. The topological polar surface area (TPSA) is 129 Å². The van der Waals surface area contributed by atoms with Crippen LogP contribution in [0.5, 0.6) is 0 Å². The third kappa shape index (κ3) is 5.45. The first-order valence-electron chi connectivity index (χ1n) is 9.28. The second-order valence-corrected chi connectivity index (χ2v) is 7.44. The lowest BCUT2D eigenvalue weighted by Crippen LogP contribution is -2.13. The van der Waals surface area contributed by atoms with Gasteiger partial charge in [0.05, 0.1) is 22.0 Å². The molecule has 0 fully saturated rings. The fraction of sp³-hybridized carbons (Fsp3) is 0.200. The summed E-state index contributed by atoms with van der Waals surface area (Å²) >= 11 is 1.08. The van der Waals surface area contributed by atoms with Crippen LogP contribution in [0.15, 0.2) is 58.8 Å². The maximum absolute atomic E-state index is 12.6. The molecule has 31 heavy (non-hydrogen) atoms. The third-order valence-electron chi connectivity index (χ3n) is 4.10. The first kappa shape index (κ1) is 22.0. The molecule has 160 valence electrons. The average Bonchev–Trinajstić information content (AvgIpc) is 3.17. The van der Waals surface area contributed by atoms with Gasteiger partial charge in [-0.05, 0) is 54.6 Å². The molecule has 3 rings (SSSR count). The van der Waals surface area contributed by atoms with E-state index in [4.69, 9.17) is 4.74 Å². The summed E-state index contributed by atoms with van der Waals surface area (Å²) < 4.78 is 6.69. The summed E-state index contributed by atoms with van der Waals surface area (Å²) in [6.07, 6.45) is 2.21. The number of nitrogens with one attached hydrogen (secondary N) is 1. The number of hydrogen-bond donors (Lipinski definition) is 1. The molecule has 0 atom stereocenters. The maximum Gasteiger partial charge on any atom is 0.338 e. The number of nitro groups is 1. The van der Waals surface area contributed by atoms with Crippen molar-refractivity contribution in [3.63, 3.8) is 0 Å². The predicted octanol–water partition coefficient (Wildman–Crippen LogP) is 3.69. The molecular weight excluding hydrogens is 422 g/mol. The molecule has 3 aromatic rings. The van der Waals surface area contributed by atoms with E-state index < -0.39 is 16.8 Å². The van der Waals surface area contributed by atoms with E-state index in [1.165, 1.54) is 36.7 Å². The van der Waals surface area contributed by atoms with E-state index in [9.17, 15) is 19.7 Å². The van der Waals surface area contributed by atoms with Crippen molar-refractivity contribution in [3.05, 3.63) is 70.0 Å². The van der Waals surface area contributed by atoms with Crippen molar-refractivity contribution in [2.24, 2.45) is 7.05 Å². The normalized spacial score (nSPS) is 10.5. The van der Waals surface area contributed by atoms with Crippen LogP contribution in [0.3, 0.4) is 0 Å². The maximum atomic E-state index is 12.6. The first-order chi connectivity index (χ1) is 14.9. The summed E-state index contributed by atoms with van der Waals surface area (Å²) in [5, 5.41) is 22.3. The van der Waals surface area contributed by atoms with Gasteiger partial charge in [-0.1, -0.05) is 6.92 Å². The Bertz CT molecular complexity index is 1110. The number of nitrogens with zero attached hydrogens (tertiary/aromatic N) is 4. The van der Waals surface area contributed by atoms with Crippen molar-refractivity contribution in [2.75, 3.05) is 11.9 Å². The monoisotopic (exact) mass is 441 g/mol. The zero-order valence-corrected chi connectivity index (χ0v) is 17.6. The highest BCUT2D eigenvalue weighted by Crippen LogP contribution is 2.34. The van der Waals surface area contributed by atoms with E-state index in [-0.39, 0.29) is 11.3 Å². The van der Waals surface area contributed by atoms with Crippen molar-refractivity contribution in [1.29, 1.82) is 0 Å². The highest BCUT2D eigenvalue weighted by Gasteiger charge is 2.20. The van der Waals surface area contributed by atoms with Crippen molar-refractivity contribution < 1.29 is 19.2 Å². The van der Waals surface area contributed by atoms with Gasteiger partial charge in [-0.25, -0.2) is 4.79 Å². The Morgan fingerprint density at radius 3 is 2.52 bits per heavy atom. The zero-order valence-electron chi connectivity index (χ0n) is 16.8. The van der Waals surface area contributed by atoms with Gasteiger partial charge in [0.2, 0.25) is 0 Å². The average molecular weight is 441 g/mol. The quantitative estimate of drug-likeness (QED) is 0.318. The molecule has 0 saturated carbocycles. The Morgan fingerprint density at radius 2 is 1.90 bits per heavy atom. The fourth-order valence-electron chi connectivity index (χ4n) is 2.52. The molecule has 1 N–H and O–H groups in total. The Labute approximate surface area is 181 Å². The Morgan fingerprint density at radius 1 is 1.19 bits per heavy atom. The lowest BCUT2D eigenvalue weighted by atomic mass is 10.1. The number of ether oxygens (including phenoxy) is 1. The van der Waals surface area contributed by atoms with E-state index >= 15 is 0 Å². The number of hydrogen-bond acceptors (Lipinski definition) is 8. The van der Waals surface area contributed by atoms with E-state index in [1.807, 2.05) is 6.92 Å². The number of anilines is 1. The number of rotatable bonds is 8. The molecular formula is C20H19N5O5S. The van der Waals surface area contributed by atoms with E-state index in [0.717, 1.165) is 18.2 Å². The molecule has 0 unspecified atom stereocenters. The highest BCUT2D eigenvalue weighted by molar-refractivity contribution is 7.99. The van der Waals surface area contributed by atoms with Gasteiger partial charge >= 0.3 is 5.97 Å². The van der Waals surface area contributed by atoms with Crippen LogP contribution in [0.2, 0.25) is 0 Å². The second-order valence-electron chi connectivity index (χ2n) is 6.43. The highest BCUT2D eigenvalue weighted by atomic mass is 32.2. The number of nitro benzene ring substituents is 1. The molecule has 0 aliphatic heterocycles. The predicted molar refractivity (Wildman–Crippen MR) is 113 cm³/mol. The van der Waals surface area contributed by atoms with Crippen LogP contribution >= 0.6 is 11.8 Å². The summed E-state index contributed by atoms with van der Waals surface area (Å²) in [6, 6.07) is 10.4. The molecule has 0 spiro atoms. The molecule has 0 bridgehead atoms. The molecule has 0 saturated heterocycles. The van der Waals surface area contributed by atoms with Gasteiger partial charge in [0.1, 0.15) is 6.33 Å². The summed E-state index contributed by atoms with van der Waals surface area (Å²) in [5.74, 6) is -0.953. The second kappa shape index (κ2) is 9.85. The van der Waals surface area contributed by atoms with E-state index in [0.29, 0.717) is 27.9 Å². The van der Waals surface area contributed by atoms with Crippen molar-refractivity contribution in [2.45, 2.75) is 23.4 Å². The summed E-state index contributed by atoms with van der Waals surface area (Å²) in [7, 11) is 1.73. The lowest BCUT2D eigenvalue weighted by molar-refractivity contribution is -0.387. The zero-order chi connectivity index (χ0) is 22.4. The van der Waals surface area contributed by atoms with Gasteiger partial charge in [-0.15, -0.1) is 10.2 Å². The summed E-state index contributed by atoms with van der Waals surface area (Å²) in [6.45, 7) is 2.23. The molecule has 11 heteroatoms. The van der Waals surface area contributed by atoms with E-state index in [2.05, 4.69) is 15.5 Å². The third-order valence-corrected chi connectivity index (χ3v) is 5.22. The Hall–Kier alpha value is -3.73. The molecule has 1 aromatic heterocycles. The molecule has 0 radical (unpaired) electrons. The van der Waals surface area contributed by atoms with Crippen molar-refractivity contribution in [1.82, 2.24) is 14.8 Å². The number of aryl methyl sites for hydroxylation is 1. The molecule has 1 amide bonds. The van der Waals surface area contributed by atoms with Crippen LogP contribution in [-0.4, -0.2) is 38.2 Å². The number of carbonyl (C=O) groups is 2. The van der Waals surface area contributed by atoms with Crippen LogP contribution in [0.1, 0.15) is 34.1 Å². The minimum absolute atomic E-state index is 0.125. The van der Waals surface area contributed by atoms with Crippen molar-refractivity contribution >= 4 is 35.0 Å². The number of benzene rings is 2. The summed E-state index contributed by atoms with van der Waals surface area (Å²) in [5.41, 5.74) is 0.722. The number of esters is 1. The first-order valence-corrected chi connectivity index (χ1v) is 10.1. The number of aromatic nitrogens is 3. The SMILES string of the molecule is CCCOC(=O)c1ccc(NC(=O)c2ccc(Sc3nncn3C)c([N+](=O)[O-])c2)cc1. The summed E-state index contributed by atoms with van der Waals surface area (Å²) in [4.78, 5) is 35.7. The van der Waals surface area contributed by atoms with Gasteiger partial charge in [0.15, 0.2) is 5.16 Å². The number of carbonyl (C=O) groups excluding carboxylic acids is 2. The van der Waals surface area contributed by atoms with Gasteiger partial charge < -0.3 is 14.6 Å². The van der Waals surface area contributed by atoms with Crippen LogP contribution in [0.4, 0.5) is 11.4 Å². The minimum atomic E-state index is -0.549. The smallest absolute Gasteiger partial charge is 0.338 e. The van der Waals surface area contributed by atoms with Gasteiger partial charge in [0, 0.05) is 24.4 Å². The standard InChI is InChI=1S/C20H19N5O5S/c1-3-10-30-19(27)13-4-7-15(8-5-13)22-18(26)14-6-9-17(16(11-14)25(28)29)31-20-23-21-12-24(20)2/h4-9,11-12H,3,10H2,1-2H3,(H,22,26). The fourth-order valence-corrected chi connectivity index (χ4v) is 3.37. The van der Waals surface area contributed by atoms with Gasteiger partial charge in [-0.2, -0.15) is 0 Å². The lowest BCUT2D eigenvalue weighted by Gasteiger charge is -2.08. The minimum Gasteiger partial charge on any atom is -0.462 e. The molecule has 0 aliphatic rings. The number of amides is 1. The van der Waals surface area contributed by atoms with Gasteiger partial charge in [0.25, 0.3) is 11.6 Å². The van der Waals surface area contributed by atoms with Crippen LogP contribution in [-0.2, 0) is 11.8 Å². The van der Waals surface area contributed by atoms with Gasteiger partial charge in [-0.3, -0.25) is 14.9 Å². The molecule has 0 aliphatic carbocycles. The van der Waals surface area contributed by atoms with Crippen LogP contribution < -0.4 is 5.32 Å². The van der Waals surface area contributed by atoms with Crippen LogP contribution in [0.25, 0.3) is 0 Å². The Balaban J connectivity index is 1.74. The molecule has 1 heterocycles. The molecule has 2 aromatic carbocycles. The van der Waals surface area contributed by atoms with E-state index in [1.54, 1.807) is 23.7 Å². The largest absolute Gasteiger partial charge is 0.462 e. The van der Waals surface area contributed by atoms with Crippen molar-refractivity contribution in [3.8, 4) is 0 Å². The molecule has 10 nitrogen and oxygen atoms in total.